The second-order valence-corrected chi connectivity index (χ2v) is 7.23. The first-order valence-corrected chi connectivity index (χ1v) is 9.79. The predicted molar refractivity (Wildman–Crippen MR) is 121 cm³/mol. The monoisotopic (exact) mass is 417 g/mol. The Hall–Kier alpha value is -3.57. The highest BCUT2D eigenvalue weighted by Crippen LogP contribution is 2.26. The maximum atomic E-state index is 12.3. The first-order valence-electron chi connectivity index (χ1n) is 9.41. The third-order valence-corrected chi connectivity index (χ3v) is 5.04. The van der Waals surface area contributed by atoms with Crippen LogP contribution in [0.15, 0.2) is 72.9 Å². The highest BCUT2D eigenvalue weighted by atomic mass is 35.5. The number of hydrogen-bond acceptors (Lipinski definition) is 3. The molecule has 0 atom stereocenters. The molecule has 0 radical (unpaired) electrons. The lowest BCUT2D eigenvalue weighted by Crippen LogP contribution is -2.08. The fraction of sp³-hybridized carbons (Fsp3) is 0.0833. The largest absolute Gasteiger partial charge is 0.497 e. The summed E-state index contributed by atoms with van der Waals surface area (Å²) < 4.78 is 7.19. The number of nitrogens with zero attached hydrogens (tertiary/aromatic N) is 2. The molecule has 0 saturated heterocycles. The molecule has 4 aromatic rings. The van der Waals surface area contributed by atoms with Crippen molar-refractivity contribution in [3.8, 4) is 17.0 Å². The standard InChI is InChI=1S/C24H20ClN3O2/c1-16-24(18-6-11-21(30-2)12-7-18)27-22-13-10-20(15-28(16)22)26-23(29)14-5-17-3-8-19(25)9-4-17/h3-15H,1-2H3,(H,26,29)/b14-5+. The van der Waals surface area contributed by atoms with Crippen molar-refractivity contribution in [2.75, 3.05) is 12.4 Å². The number of nitrogens with one attached hydrogen (secondary N) is 1. The number of anilines is 1. The number of benzene rings is 2. The SMILES string of the molecule is COc1ccc(-c2nc3ccc(NC(=O)/C=C/c4ccc(Cl)cc4)cn3c2C)cc1. The molecule has 0 bridgehead atoms. The number of halogens is 1. The molecule has 0 saturated carbocycles. The maximum absolute atomic E-state index is 12.3. The van der Waals surface area contributed by atoms with Crippen LogP contribution in [0.2, 0.25) is 5.02 Å². The first kappa shape index (κ1) is 19.7. The second kappa shape index (κ2) is 8.43. The van der Waals surface area contributed by atoms with Crippen molar-refractivity contribution < 1.29 is 9.53 Å². The molecular formula is C24H20ClN3O2. The van der Waals surface area contributed by atoms with Crippen molar-refractivity contribution >= 4 is 34.9 Å². The molecular weight excluding hydrogens is 398 g/mol. The van der Waals surface area contributed by atoms with Crippen molar-refractivity contribution in [1.29, 1.82) is 0 Å². The Morgan fingerprint density at radius 3 is 2.50 bits per heavy atom. The molecule has 4 rings (SSSR count). The van der Waals surface area contributed by atoms with Crippen molar-refractivity contribution in [3.05, 3.63) is 89.2 Å². The topological polar surface area (TPSA) is 55.6 Å². The Kier molecular flexibility index (Phi) is 5.55. The molecule has 6 heteroatoms. The van der Waals surface area contributed by atoms with E-state index in [9.17, 15) is 4.79 Å². The maximum Gasteiger partial charge on any atom is 0.248 e. The van der Waals surface area contributed by atoms with Crippen LogP contribution in [0.25, 0.3) is 23.0 Å². The number of ether oxygens (including phenoxy) is 1. The summed E-state index contributed by atoms with van der Waals surface area (Å²) in [7, 11) is 1.64. The minimum Gasteiger partial charge on any atom is -0.497 e. The van der Waals surface area contributed by atoms with Gasteiger partial charge in [0.2, 0.25) is 5.91 Å². The van der Waals surface area contributed by atoms with E-state index >= 15 is 0 Å². The molecule has 2 aromatic carbocycles. The summed E-state index contributed by atoms with van der Waals surface area (Å²) in [5.41, 5.74) is 5.29. The Morgan fingerprint density at radius 2 is 1.80 bits per heavy atom. The van der Waals surface area contributed by atoms with Crippen LogP contribution in [0.5, 0.6) is 5.75 Å². The number of methoxy groups -OCH3 is 1. The van der Waals surface area contributed by atoms with Crippen LogP contribution in [0, 0.1) is 6.92 Å². The van der Waals surface area contributed by atoms with Gasteiger partial charge in [-0.15, -0.1) is 0 Å². The average Bonchev–Trinajstić information content (AvgIpc) is 3.09. The molecule has 1 N–H and O–H groups in total. The zero-order valence-electron chi connectivity index (χ0n) is 16.6. The van der Waals surface area contributed by atoms with Gasteiger partial charge in [-0.05, 0) is 67.1 Å². The van der Waals surface area contributed by atoms with Crippen LogP contribution < -0.4 is 10.1 Å². The number of pyridine rings is 1. The lowest BCUT2D eigenvalue weighted by molar-refractivity contribution is -0.111. The van der Waals surface area contributed by atoms with Crippen LogP contribution in [0.1, 0.15) is 11.3 Å². The Morgan fingerprint density at radius 1 is 1.07 bits per heavy atom. The molecule has 30 heavy (non-hydrogen) atoms. The Balaban J connectivity index is 1.54. The van der Waals surface area contributed by atoms with Crippen LogP contribution in [-0.2, 0) is 4.79 Å². The Bertz CT molecular complexity index is 1230. The van der Waals surface area contributed by atoms with E-state index in [1.54, 1.807) is 25.3 Å². The van der Waals surface area contributed by atoms with Crippen LogP contribution >= 0.6 is 11.6 Å². The summed E-state index contributed by atoms with van der Waals surface area (Å²) in [6.07, 6.45) is 5.12. The van der Waals surface area contributed by atoms with Crippen molar-refractivity contribution in [1.82, 2.24) is 9.38 Å². The van der Waals surface area contributed by atoms with Gasteiger partial charge in [0.1, 0.15) is 11.4 Å². The summed E-state index contributed by atoms with van der Waals surface area (Å²) in [5.74, 6) is 0.592. The zero-order valence-corrected chi connectivity index (χ0v) is 17.4. The summed E-state index contributed by atoms with van der Waals surface area (Å²) >= 11 is 5.88. The number of amides is 1. The molecule has 0 aliphatic rings. The molecule has 0 spiro atoms. The van der Waals surface area contributed by atoms with Crippen LogP contribution in [0.3, 0.4) is 0 Å². The number of carbonyl (C=O) groups is 1. The van der Waals surface area contributed by atoms with E-state index in [4.69, 9.17) is 21.3 Å². The first-order chi connectivity index (χ1) is 14.5. The fourth-order valence-electron chi connectivity index (χ4n) is 3.19. The van der Waals surface area contributed by atoms with Crippen molar-refractivity contribution in [2.24, 2.45) is 0 Å². The summed E-state index contributed by atoms with van der Waals surface area (Å²) in [6, 6.07) is 18.8. The average molecular weight is 418 g/mol. The number of imidazole rings is 1. The molecule has 1 amide bonds. The summed E-state index contributed by atoms with van der Waals surface area (Å²) in [6.45, 7) is 2.01. The van der Waals surface area contributed by atoms with Gasteiger partial charge in [-0.3, -0.25) is 4.79 Å². The number of aryl methyl sites for hydroxylation is 1. The molecule has 0 aliphatic carbocycles. The zero-order chi connectivity index (χ0) is 21.1. The lowest BCUT2D eigenvalue weighted by atomic mass is 10.1. The smallest absolute Gasteiger partial charge is 0.248 e. The van der Waals surface area contributed by atoms with Gasteiger partial charge in [-0.2, -0.15) is 0 Å². The van der Waals surface area contributed by atoms with Crippen molar-refractivity contribution in [3.63, 3.8) is 0 Å². The van der Waals surface area contributed by atoms with E-state index in [0.717, 1.165) is 33.9 Å². The van der Waals surface area contributed by atoms with Gasteiger partial charge < -0.3 is 14.5 Å². The van der Waals surface area contributed by atoms with Gasteiger partial charge in [0.25, 0.3) is 0 Å². The van der Waals surface area contributed by atoms with Gasteiger partial charge in [-0.1, -0.05) is 23.7 Å². The normalized spacial score (nSPS) is 11.2. The molecule has 5 nitrogen and oxygen atoms in total. The van der Waals surface area contributed by atoms with Gasteiger partial charge in [0.05, 0.1) is 18.5 Å². The number of hydrogen-bond donors (Lipinski definition) is 1. The summed E-state index contributed by atoms with van der Waals surface area (Å²) in [4.78, 5) is 17.0. The number of carbonyl (C=O) groups excluding carboxylic acids is 1. The molecule has 2 heterocycles. The highest BCUT2D eigenvalue weighted by molar-refractivity contribution is 6.30. The van der Waals surface area contributed by atoms with Crippen LogP contribution in [-0.4, -0.2) is 22.4 Å². The molecule has 2 aromatic heterocycles. The number of fused-ring (bicyclic) bond motifs is 1. The molecule has 0 fully saturated rings. The van der Waals surface area contributed by atoms with E-state index < -0.39 is 0 Å². The summed E-state index contributed by atoms with van der Waals surface area (Å²) in [5, 5.41) is 3.55. The van der Waals surface area contributed by atoms with E-state index in [1.165, 1.54) is 6.08 Å². The number of aromatic nitrogens is 2. The number of rotatable bonds is 5. The minimum absolute atomic E-state index is 0.211. The Labute approximate surface area is 179 Å². The highest BCUT2D eigenvalue weighted by Gasteiger charge is 2.11. The molecule has 0 aliphatic heterocycles. The molecule has 0 unspecified atom stereocenters. The van der Waals surface area contributed by atoms with E-state index in [2.05, 4.69) is 5.32 Å². The van der Waals surface area contributed by atoms with Gasteiger partial charge in [-0.25, -0.2) is 4.98 Å². The lowest BCUT2D eigenvalue weighted by Gasteiger charge is -2.05. The van der Waals surface area contributed by atoms with Gasteiger partial charge >= 0.3 is 0 Å². The van der Waals surface area contributed by atoms with Crippen molar-refractivity contribution in [2.45, 2.75) is 6.92 Å². The van der Waals surface area contributed by atoms with Gasteiger partial charge in [0.15, 0.2) is 0 Å². The third kappa shape index (κ3) is 4.21. The van der Waals surface area contributed by atoms with Gasteiger partial charge in [0, 0.05) is 28.6 Å². The second-order valence-electron chi connectivity index (χ2n) is 6.79. The quantitative estimate of drug-likeness (QED) is 0.428. The van der Waals surface area contributed by atoms with E-state index in [1.807, 2.05) is 66.1 Å². The minimum atomic E-state index is -0.211. The van der Waals surface area contributed by atoms with E-state index in [-0.39, 0.29) is 5.91 Å². The fourth-order valence-corrected chi connectivity index (χ4v) is 3.31. The predicted octanol–water partition coefficient (Wildman–Crippen LogP) is 5.62. The molecule has 150 valence electrons. The van der Waals surface area contributed by atoms with Crippen LogP contribution in [0.4, 0.5) is 5.69 Å². The third-order valence-electron chi connectivity index (χ3n) is 4.79. The van der Waals surface area contributed by atoms with E-state index in [0.29, 0.717) is 10.7 Å².